The van der Waals surface area contributed by atoms with Gasteiger partial charge < -0.3 is 4.74 Å². The number of ether oxygens (including phenoxy) is 1. The van der Waals surface area contributed by atoms with Crippen molar-refractivity contribution in [2.24, 2.45) is 0 Å². The molecule has 0 spiro atoms. The Morgan fingerprint density at radius 3 is 2.12 bits per heavy atom. The zero-order valence-corrected chi connectivity index (χ0v) is 18.6. The molecule has 0 N–H and O–H groups in total. The summed E-state index contributed by atoms with van der Waals surface area (Å²) in [6.07, 6.45) is 5.41. The summed E-state index contributed by atoms with van der Waals surface area (Å²) in [6.45, 7) is 4.54. The number of carbonyl (C=O) groups excluding carboxylic acids is 2. The van der Waals surface area contributed by atoms with E-state index in [9.17, 15) is 18.4 Å². The van der Waals surface area contributed by atoms with Crippen LogP contribution in [0.4, 0.5) is 14.5 Å². The number of esters is 1. The van der Waals surface area contributed by atoms with Gasteiger partial charge in [0, 0.05) is 11.3 Å². The van der Waals surface area contributed by atoms with Gasteiger partial charge in [-0.25, -0.2) is 8.78 Å². The van der Waals surface area contributed by atoms with Gasteiger partial charge in [-0.2, -0.15) is 0 Å². The lowest BCUT2D eigenvalue weighted by Gasteiger charge is -2.26. The highest BCUT2D eigenvalue weighted by Gasteiger charge is 2.28. The van der Waals surface area contributed by atoms with Gasteiger partial charge in [-0.15, -0.1) is 6.42 Å². The molecule has 0 saturated carbocycles. The summed E-state index contributed by atoms with van der Waals surface area (Å²) in [4.78, 5) is 26.8. The Bertz CT molecular complexity index is 1200. The van der Waals surface area contributed by atoms with Crippen molar-refractivity contribution < 1.29 is 23.1 Å². The summed E-state index contributed by atoms with van der Waals surface area (Å²) in [6, 6.07) is 17.1. The van der Waals surface area contributed by atoms with E-state index < -0.39 is 41.2 Å². The van der Waals surface area contributed by atoms with Crippen molar-refractivity contribution in [3.63, 3.8) is 0 Å². The van der Waals surface area contributed by atoms with Crippen molar-refractivity contribution in [2.75, 3.05) is 11.4 Å². The van der Waals surface area contributed by atoms with E-state index in [0.29, 0.717) is 5.56 Å². The Balaban J connectivity index is 2.04. The van der Waals surface area contributed by atoms with E-state index in [1.807, 2.05) is 18.2 Å². The van der Waals surface area contributed by atoms with Gasteiger partial charge in [0.15, 0.2) is 0 Å². The van der Waals surface area contributed by atoms with Gasteiger partial charge in [0.05, 0.1) is 0 Å². The molecule has 168 valence electrons. The molecule has 6 heteroatoms. The summed E-state index contributed by atoms with van der Waals surface area (Å²) in [5, 5.41) is 0. The van der Waals surface area contributed by atoms with Crippen LogP contribution in [0.25, 0.3) is 11.1 Å². The Kier molecular flexibility index (Phi) is 6.93. The lowest BCUT2D eigenvalue weighted by atomic mass is 10.0. The number of hydrogen-bond acceptors (Lipinski definition) is 3. The Morgan fingerprint density at radius 1 is 0.939 bits per heavy atom. The van der Waals surface area contributed by atoms with Crippen molar-refractivity contribution >= 4 is 17.6 Å². The third-order valence-electron chi connectivity index (χ3n) is 4.67. The number of anilines is 1. The lowest BCUT2D eigenvalue weighted by molar-refractivity contribution is -0.152. The van der Waals surface area contributed by atoms with Crippen molar-refractivity contribution in [3.05, 3.63) is 89.5 Å². The zero-order chi connectivity index (χ0) is 24.2. The van der Waals surface area contributed by atoms with Crippen LogP contribution in [-0.4, -0.2) is 24.0 Å². The molecule has 3 aromatic rings. The van der Waals surface area contributed by atoms with Crippen LogP contribution < -0.4 is 4.90 Å². The van der Waals surface area contributed by atoms with Crippen LogP contribution in [0.3, 0.4) is 0 Å². The molecule has 3 aromatic carbocycles. The number of carbonyl (C=O) groups is 2. The fourth-order valence-electron chi connectivity index (χ4n) is 3.23. The van der Waals surface area contributed by atoms with Crippen LogP contribution in [0.1, 0.15) is 36.7 Å². The fourth-order valence-corrected chi connectivity index (χ4v) is 3.23. The zero-order valence-electron chi connectivity index (χ0n) is 18.6. The van der Waals surface area contributed by atoms with Gasteiger partial charge in [0.25, 0.3) is 5.91 Å². The SMILES string of the molecule is C#Cc1ccc(-c2cccc(N(CC(=O)OC(C)(C)C)C(=O)c3c(F)cccc3F)c2)cc1. The quantitative estimate of drug-likeness (QED) is 0.378. The van der Waals surface area contributed by atoms with Crippen molar-refractivity contribution in [1.82, 2.24) is 0 Å². The molecule has 0 fully saturated rings. The minimum atomic E-state index is -1.02. The van der Waals surface area contributed by atoms with Crippen molar-refractivity contribution in [3.8, 4) is 23.5 Å². The summed E-state index contributed by atoms with van der Waals surface area (Å²) in [7, 11) is 0. The molecule has 3 rings (SSSR count). The molecule has 1 amide bonds. The molecule has 0 bridgehead atoms. The van der Waals surface area contributed by atoms with E-state index in [0.717, 1.165) is 28.2 Å². The topological polar surface area (TPSA) is 46.6 Å². The molecule has 0 unspecified atom stereocenters. The third-order valence-corrected chi connectivity index (χ3v) is 4.67. The summed E-state index contributed by atoms with van der Waals surface area (Å²) >= 11 is 0. The number of rotatable bonds is 5. The van der Waals surface area contributed by atoms with Crippen LogP contribution in [0.15, 0.2) is 66.7 Å². The fraction of sp³-hybridized carbons (Fsp3) is 0.185. The standard InChI is InChI=1S/C27H23F2NO3/c1-5-18-12-14-19(15-13-18)20-8-6-9-21(16-20)30(17-24(31)33-27(2,3)4)26(32)25-22(28)10-7-11-23(25)29/h1,6-16H,17H2,2-4H3. The maximum absolute atomic E-state index is 14.4. The first-order valence-corrected chi connectivity index (χ1v) is 10.2. The third kappa shape index (κ3) is 5.83. The lowest BCUT2D eigenvalue weighted by Crippen LogP contribution is -2.39. The van der Waals surface area contributed by atoms with E-state index in [-0.39, 0.29) is 5.69 Å². The van der Waals surface area contributed by atoms with Crippen LogP contribution in [0.5, 0.6) is 0 Å². The van der Waals surface area contributed by atoms with Gasteiger partial charge in [-0.05, 0) is 68.3 Å². The average Bonchev–Trinajstić information content (AvgIpc) is 2.76. The van der Waals surface area contributed by atoms with Crippen molar-refractivity contribution in [1.29, 1.82) is 0 Å². The van der Waals surface area contributed by atoms with E-state index in [2.05, 4.69) is 5.92 Å². The maximum atomic E-state index is 14.4. The van der Waals surface area contributed by atoms with Crippen LogP contribution >= 0.6 is 0 Å². The van der Waals surface area contributed by atoms with Crippen LogP contribution in [0.2, 0.25) is 0 Å². The number of terminal acetylenes is 1. The first-order valence-electron chi connectivity index (χ1n) is 10.2. The van der Waals surface area contributed by atoms with Gasteiger partial charge >= 0.3 is 5.97 Å². The molecule has 33 heavy (non-hydrogen) atoms. The molecular weight excluding hydrogens is 424 g/mol. The van der Waals surface area contributed by atoms with Crippen LogP contribution in [0, 0.1) is 24.0 Å². The number of amides is 1. The predicted octanol–water partition coefficient (Wildman–Crippen LogP) is 5.60. The van der Waals surface area contributed by atoms with Gasteiger partial charge in [-0.1, -0.05) is 36.3 Å². The monoisotopic (exact) mass is 447 g/mol. The summed E-state index contributed by atoms with van der Waals surface area (Å²) < 4.78 is 34.1. The van der Waals surface area contributed by atoms with Gasteiger partial charge in [0.1, 0.15) is 29.3 Å². The van der Waals surface area contributed by atoms with E-state index in [4.69, 9.17) is 11.2 Å². The second kappa shape index (κ2) is 9.66. The second-order valence-electron chi connectivity index (χ2n) is 8.35. The molecule has 4 nitrogen and oxygen atoms in total. The smallest absolute Gasteiger partial charge is 0.326 e. The number of nitrogens with zero attached hydrogens (tertiary/aromatic N) is 1. The molecule has 0 heterocycles. The van der Waals surface area contributed by atoms with E-state index in [1.54, 1.807) is 51.1 Å². The summed E-state index contributed by atoms with van der Waals surface area (Å²) in [5.74, 6) is -1.19. The van der Waals surface area contributed by atoms with Gasteiger partial charge in [0.2, 0.25) is 0 Å². The van der Waals surface area contributed by atoms with Crippen LogP contribution in [-0.2, 0) is 9.53 Å². The minimum absolute atomic E-state index is 0.284. The second-order valence-corrected chi connectivity index (χ2v) is 8.35. The summed E-state index contributed by atoms with van der Waals surface area (Å²) in [5.41, 5.74) is 1.00. The first-order chi connectivity index (χ1) is 15.6. The molecular formula is C27H23F2NO3. The molecule has 0 aromatic heterocycles. The Hall–Kier alpha value is -3.98. The molecule has 0 atom stereocenters. The number of halogens is 2. The highest BCUT2D eigenvalue weighted by atomic mass is 19.1. The normalized spacial score (nSPS) is 10.9. The first kappa shape index (κ1) is 23.7. The molecule has 0 aliphatic carbocycles. The van der Waals surface area contributed by atoms with E-state index in [1.165, 1.54) is 6.07 Å². The molecule has 0 radical (unpaired) electrons. The highest BCUT2D eigenvalue weighted by Crippen LogP contribution is 2.27. The minimum Gasteiger partial charge on any atom is -0.459 e. The Labute approximate surface area is 191 Å². The van der Waals surface area contributed by atoms with E-state index >= 15 is 0 Å². The maximum Gasteiger partial charge on any atom is 0.326 e. The Morgan fingerprint density at radius 2 is 1.55 bits per heavy atom. The molecule has 0 saturated heterocycles. The largest absolute Gasteiger partial charge is 0.459 e. The molecule has 0 aliphatic rings. The number of hydrogen-bond donors (Lipinski definition) is 0. The van der Waals surface area contributed by atoms with Gasteiger partial charge in [-0.3, -0.25) is 14.5 Å². The van der Waals surface area contributed by atoms with Crippen molar-refractivity contribution in [2.45, 2.75) is 26.4 Å². The molecule has 0 aliphatic heterocycles. The number of benzene rings is 3. The highest BCUT2D eigenvalue weighted by molar-refractivity contribution is 6.09. The predicted molar refractivity (Wildman–Crippen MR) is 124 cm³/mol. The average molecular weight is 447 g/mol.